The third kappa shape index (κ3) is 1.57. The molecule has 0 amide bonds. The second-order valence-corrected chi connectivity index (χ2v) is 6.70. The van der Waals surface area contributed by atoms with Crippen LogP contribution in [-0.4, -0.2) is 38.2 Å². The third-order valence-corrected chi connectivity index (χ3v) is 5.42. The molecule has 5 heteroatoms. The van der Waals surface area contributed by atoms with Crippen molar-refractivity contribution in [3.8, 4) is 0 Å². The minimum atomic E-state index is -2.83. The van der Waals surface area contributed by atoms with Crippen LogP contribution in [0.3, 0.4) is 0 Å². The molecule has 2 N–H and O–H groups in total. The van der Waals surface area contributed by atoms with E-state index >= 15 is 0 Å². The van der Waals surface area contributed by atoms with E-state index < -0.39 is 15.4 Å². The van der Waals surface area contributed by atoms with Crippen LogP contribution in [0.4, 0.5) is 0 Å². The average molecular weight is 219 g/mol. The predicted molar refractivity (Wildman–Crippen MR) is 53.7 cm³/mol. The molecule has 0 spiro atoms. The largest absolute Gasteiger partial charge is 0.377 e. The Morgan fingerprint density at radius 2 is 2.21 bits per heavy atom. The van der Waals surface area contributed by atoms with Crippen molar-refractivity contribution in [3.63, 3.8) is 0 Å². The monoisotopic (exact) mass is 219 g/mol. The van der Waals surface area contributed by atoms with Crippen LogP contribution in [0.25, 0.3) is 0 Å². The summed E-state index contributed by atoms with van der Waals surface area (Å²) in [6.45, 7) is 2.60. The van der Waals surface area contributed by atoms with Gasteiger partial charge in [-0.3, -0.25) is 0 Å². The first-order valence-electron chi connectivity index (χ1n) is 5.05. The molecule has 0 saturated carbocycles. The van der Waals surface area contributed by atoms with Crippen LogP contribution in [-0.2, 0) is 14.6 Å². The van der Waals surface area contributed by atoms with E-state index in [4.69, 9.17) is 10.5 Å². The molecule has 0 aliphatic carbocycles. The topological polar surface area (TPSA) is 69.4 Å². The smallest absolute Gasteiger partial charge is 0.150 e. The van der Waals surface area contributed by atoms with Gasteiger partial charge in [-0.15, -0.1) is 0 Å². The zero-order valence-corrected chi connectivity index (χ0v) is 9.22. The average Bonchev–Trinajstić information content (AvgIpc) is 2.59. The standard InChI is InChI=1S/C9H17NO3S/c1-7-9(10,3-4-13-7)8-2-5-14(11,12)6-8/h7-8H,2-6,10H2,1H3. The Morgan fingerprint density at radius 3 is 2.64 bits per heavy atom. The van der Waals surface area contributed by atoms with E-state index in [1.54, 1.807) is 0 Å². The first-order chi connectivity index (χ1) is 6.44. The quantitative estimate of drug-likeness (QED) is 0.670. The molecule has 3 unspecified atom stereocenters. The van der Waals surface area contributed by atoms with Crippen molar-refractivity contribution in [2.24, 2.45) is 11.7 Å². The zero-order chi connectivity index (χ0) is 10.4. The second-order valence-electron chi connectivity index (χ2n) is 4.48. The van der Waals surface area contributed by atoms with Gasteiger partial charge in [-0.25, -0.2) is 8.42 Å². The molecule has 2 aliphatic heterocycles. The molecule has 0 aromatic rings. The Balaban J connectivity index is 2.16. The van der Waals surface area contributed by atoms with Crippen LogP contribution in [0.1, 0.15) is 19.8 Å². The van der Waals surface area contributed by atoms with Gasteiger partial charge in [0.05, 0.1) is 17.6 Å². The Kier molecular flexibility index (Phi) is 2.36. The maximum absolute atomic E-state index is 11.4. The van der Waals surface area contributed by atoms with Crippen LogP contribution in [0.5, 0.6) is 0 Å². The highest BCUT2D eigenvalue weighted by Gasteiger charge is 2.48. The lowest BCUT2D eigenvalue weighted by atomic mass is 9.79. The van der Waals surface area contributed by atoms with Gasteiger partial charge in [-0.1, -0.05) is 0 Å². The summed E-state index contributed by atoms with van der Waals surface area (Å²) in [4.78, 5) is 0. The summed E-state index contributed by atoms with van der Waals surface area (Å²) < 4.78 is 28.1. The van der Waals surface area contributed by atoms with Gasteiger partial charge in [0, 0.05) is 12.1 Å². The molecular weight excluding hydrogens is 202 g/mol. The van der Waals surface area contributed by atoms with Crippen molar-refractivity contribution < 1.29 is 13.2 Å². The van der Waals surface area contributed by atoms with Crippen molar-refractivity contribution in [2.75, 3.05) is 18.1 Å². The number of hydrogen-bond donors (Lipinski definition) is 1. The van der Waals surface area contributed by atoms with E-state index in [1.165, 1.54) is 0 Å². The van der Waals surface area contributed by atoms with Gasteiger partial charge in [-0.2, -0.15) is 0 Å². The van der Waals surface area contributed by atoms with Gasteiger partial charge in [0.15, 0.2) is 9.84 Å². The van der Waals surface area contributed by atoms with Crippen LogP contribution in [0, 0.1) is 5.92 Å². The Bertz CT molecular complexity index is 327. The molecular formula is C9H17NO3S. The van der Waals surface area contributed by atoms with E-state index in [1.807, 2.05) is 6.92 Å². The van der Waals surface area contributed by atoms with Crippen molar-refractivity contribution in [2.45, 2.75) is 31.4 Å². The van der Waals surface area contributed by atoms with Gasteiger partial charge in [0.2, 0.25) is 0 Å². The van der Waals surface area contributed by atoms with E-state index in [-0.39, 0.29) is 17.8 Å². The number of ether oxygens (including phenoxy) is 1. The maximum atomic E-state index is 11.4. The van der Waals surface area contributed by atoms with Crippen molar-refractivity contribution in [3.05, 3.63) is 0 Å². The summed E-state index contributed by atoms with van der Waals surface area (Å²) in [5.41, 5.74) is 5.83. The molecule has 2 heterocycles. The van der Waals surface area contributed by atoms with Crippen molar-refractivity contribution in [1.29, 1.82) is 0 Å². The maximum Gasteiger partial charge on any atom is 0.150 e. The molecule has 4 nitrogen and oxygen atoms in total. The van der Waals surface area contributed by atoms with E-state index in [9.17, 15) is 8.42 Å². The van der Waals surface area contributed by atoms with Crippen LogP contribution < -0.4 is 5.73 Å². The fourth-order valence-electron chi connectivity index (χ4n) is 2.53. The Hall–Kier alpha value is -0.130. The lowest BCUT2D eigenvalue weighted by Gasteiger charge is -2.33. The van der Waals surface area contributed by atoms with Crippen LogP contribution in [0.15, 0.2) is 0 Å². The molecule has 0 radical (unpaired) electrons. The first-order valence-corrected chi connectivity index (χ1v) is 6.87. The molecule has 0 aromatic carbocycles. The fourth-order valence-corrected chi connectivity index (χ4v) is 4.43. The Morgan fingerprint density at radius 1 is 1.50 bits per heavy atom. The molecule has 2 fully saturated rings. The molecule has 0 bridgehead atoms. The lowest BCUT2D eigenvalue weighted by Crippen LogP contribution is -2.53. The van der Waals surface area contributed by atoms with Crippen LogP contribution in [0.2, 0.25) is 0 Å². The molecule has 2 aliphatic rings. The van der Waals surface area contributed by atoms with E-state index in [0.717, 1.165) is 6.42 Å². The molecule has 14 heavy (non-hydrogen) atoms. The summed E-state index contributed by atoms with van der Waals surface area (Å²) in [5, 5.41) is 0. The molecule has 0 aromatic heterocycles. The van der Waals surface area contributed by atoms with Gasteiger partial charge in [0.25, 0.3) is 0 Å². The molecule has 2 rings (SSSR count). The highest BCUT2D eigenvalue weighted by Crippen LogP contribution is 2.36. The number of hydrogen-bond acceptors (Lipinski definition) is 4. The molecule has 3 atom stereocenters. The predicted octanol–water partition coefficient (Wildman–Crippen LogP) is -0.0726. The first kappa shape index (κ1) is 10.4. The SMILES string of the molecule is CC1OCCC1(N)C1CCS(=O)(=O)C1. The van der Waals surface area contributed by atoms with Gasteiger partial charge >= 0.3 is 0 Å². The Labute approximate surface area is 84.7 Å². The summed E-state index contributed by atoms with van der Waals surface area (Å²) in [7, 11) is -2.83. The highest BCUT2D eigenvalue weighted by atomic mass is 32.2. The van der Waals surface area contributed by atoms with E-state index in [0.29, 0.717) is 18.8 Å². The third-order valence-electron chi connectivity index (χ3n) is 3.65. The molecule has 82 valence electrons. The fraction of sp³-hybridized carbons (Fsp3) is 1.00. The summed E-state index contributed by atoms with van der Waals surface area (Å²) in [6.07, 6.45) is 1.47. The number of nitrogens with two attached hydrogens (primary N) is 1. The number of sulfone groups is 1. The summed E-state index contributed by atoms with van der Waals surface area (Å²) in [5.74, 6) is 0.630. The summed E-state index contributed by atoms with van der Waals surface area (Å²) in [6, 6.07) is 0. The van der Waals surface area contributed by atoms with Crippen LogP contribution >= 0.6 is 0 Å². The molecule has 2 saturated heterocycles. The van der Waals surface area contributed by atoms with Gasteiger partial charge < -0.3 is 10.5 Å². The highest BCUT2D eigenvalue weighted by molar-refractivity contribution is 7.91. The van der Waals surface area contributed by atoms with Crippen molar-refractivity contribution >= 4 is 9.84 Å². The lowest BCUT2D eigenvalue weighted by molar-refractivity contribution is 0.0790. The second kappa shape index (κ2) is 3.18. The van der Waals surface area contributed by atoms with E-state index in [2.05, 4.69) is 0 Å². The minimum Gasteiger partial charge on any atom is -0.377 e. The normalized spacial score (nSPS) is 47.0. The zero-order valence-electron chi connectivity index (χ0n) is 8.40. The number of rotatable bonds is 1. The van der Waals surface area contributed by atoms with Gasteiger partial charge in [0.1, 0.15) is 0 Å². The van der Waals surface area contributed by atoms with Crippen molar-refractivity contribution in [1.82, 2.24) is 0 Å². The summed E-state index contributed by atoms with van der Waals surface area (Å²) >= 11 is 0. The minimum absolute atomic E-state index is 0.0131. The van der Waals surface area contributed by atoms with Gasteiger partial charge in [-0.05, 0) is 25.7 Å².